The lowest BCUT2D eigenvalue weighted by Crippen LogP contribution is -2.47. The second kappa shape index (κ2) is 7.09. The van der Waals surface area contributed by atoms with Crippen LogP contribution in [0.2, 0.25) is 0 Å². The van der Waals surface area contributed by atoms with Crippen molar-refractivity contribution in [2.24, 2.45) is 11.7 Å². The average molecular weight is 330 g/mol. The van der Waals surface area contributed by atoms with Crippen molar-refractivity contribution < 1.29 is 4.79 Å². The predicted molar refractivity (Wildman–Crippen MR) is 88.9 cm³/mol. The first-order chi connectivity index (χ1) is 9.69. The number of hydrogen-bond acceptors (Lipinski definition) is 4. The number of hydrogen-bond donors (Lipinski definition) is 1. The summed E-state index contributed by atoms with van der Waals surface area (Å²) in [5, 5.41) is 2.13. The molecular weight excluding hydrogens is 306 g/mol. The molecule has 1 unspecified atom stereocenters. The summed E-state index contributed by atoms with van der Waals surface area (Å²) in [6, 6.07) is 2.52. The molecule has 1 aromatic rings. The highest BCUT2D eigenvalue weighted by Gasteiger charge is 2.34. The van der Waals surface area contributed by atoms with Gasteiger partial charge < -0.3 is 10.6 Å². The van der Waals surface area contributed by atoms with Gasteiger partial charge in [-0.3, -0.25) is 9.69 Å². The van der Waals surface area contributed by atoms with Crippen molar-refractivity contribution in [1.29, 1.82) is 0 Å². The number of halogens is 1. The first-order valence-electron chi connectivity index (χ1n) is 7.42. The van der Waals surface area contributed by atoms with Gasteiger partial charge in [0.25, 0.3) is 0 Å². The van der Waals surface area contributed by atoms with Crippen LogP contribution in [0.4, 0.5) is 0 Å². The fourth-order valence-electron chi connectivity index (χ4n) is 3.11. The maximum Gasteiger partial charge on any atom is 0.237 e. The molecule has 1 aliphatic heterocycles. The van der Waals surface area contributed by atoms with E-state index in [1.807, 2.05) is 23.3 Å². The van der Waals surface area contributed by atoms with Gasteiger partial charge in [-0.1, -0.05) is 0 Å². The molecule has 1 aromatic heterocycles. The number of thiophene rings is 1. The van der Waals surface area contributed by atoms with Crippen LogP contribution in [0, 0.1) is 5.92 Å². The highest BCUT2D eigenvalue weighted by Crippen LogP contribution is 2.34. The standard InChI is InChI=1S/C15H23N3OS.ClH/c1-17(13(8-16)11-2-3-11)10-15(19)18-6-4-14-12(9-18)5-7-20-14;/h5,7,11,13H,2-4,6,8-10,16H2,1H3;1H. The summed E-state index contributed by atoms with van der Waals surface area (Å²) in [6.07, 6.45) is 3.54. The van der Waals surface area contributed by atoms with Gasteiger partial charge in [0.05, 0.1) is 6.54 Å². The van der Waals surface area contributed by atoms with Crippen molar-refractivity contribution in [2.75, 3.05) is 26.7 Å². The van der Waals surface area contributed by atoms with Crippen molar-refractivity contribution >= 4 is 29.7 Å². The normalized spacial score (nSPS) is 19.1. The Morgan fingerprint density at radius 3 is 3.00 bits per heavy atom. The SMILES string of the molecule is CN(CC(=O)N1CCc2sccc2C1)C(CN)C1CC1.Cl. The Kier molecular flexibility index (Phi) is 5.66. The maximum absolute atomic E-state index is 12.5. The topological polar surface area (TPSA) is 49.6 Å². The highest BCUT2D eigenvalue weighted by molar-refractivity contribution is 7.10. The summed E-state index contributed by atoms with van der Waals surface area (Å²) >= 11 is 1.81. The molecule has 1 fully saturated rings. The molecular formula is C15H24ClN3OS. The van der Waals surface area contributed by atoms with Crippen molar-refractivity contribution in [3.8, 4) is 0 Å². The summed E-state index contributed by atoms with van der Waals surface area (Å²) in [6.45, 7) is 2.79. The van der Waals surface area contributed by atoms with Crippen LogP contribution in [0.5, 0.6) is 0 Å². The average Bonchev–Trinajstić information content (AvgIpc) is 3.16. The molecule has 0 bridgehead atoms. The van der Waals surface area contributed by atoms with Crippen LogP contribution in [-0.4, -0.2) is 48.4 Å². The molecule has 2 heterocycles. The van der Waals surface area contributed by atoms with Crippen LogP contribution in [-0.2, 0) is 17.8 Å². The number of rotatable bonds is 5. The number of carbonyl (C=O) groups excluding carboxylic acids is 1. The number of likely N-dealkylation sites (N-methyl/N-ethyl adjacent to an activating group) is 1. The zero-order valence-electron chi connectivity index (χ0n) is 12.5. The number of carbonyl (C=O) groups is 1. The first kappa shape index (κ1) is 16.7. The van der Waals surface area contributed by atoms with Crippen molar-refractivity contribution in [1.82, 2.24) is 9.80 Å². The summed E-state index contributed by atoms with van der Waals surface area (Å²) in [5.41, 5.74) is 7.18. The molecule has 1 amide bonds. The highest BCUT2D eigenvalue weighted by atomic mass is 35.5. The molecule has 2 N–H and O–H groups in total. The van der Waals surface area contributed by atoms with E-state index in [1.165, 1.54) is 23.3 Å². The van der Waals surface area contributed by atoms with Crippen LogP contribution >= 0.6 is 23.7 Å². The maximum atomic E-state index is 12.5. The van der Waals surface area contributed by atoms with Gasteiger partial charge in [-0.25, -0.2) is 0 Å². The van der Waals surface area contributed by atoms with Crippen molar-refractivity contribution in [3.05, 3.63) is 21.9 Å². The Morgan fingerprint density at radius 2 is 2.33 bits per heavy atom. The quantitative estimate of drug-likeness (QED) is 0.895. The fourth-order valence-corrected chi connectivity index (χ4v) is 3.99. The minimum Gasteiger partial charge on any atom is -0.337 e. The lowest BCUT2D eigenvalue weighted by molar-refractivity contribution is -0.133. The second-order valence-electron chi connectivity index (χ2n) is 5.99. The Morgan fingerprint density at radius 1 is 1.57 bits per heavy atom. The number of nitrogens with zero attached hydrogens (tertiary/aromatic N) is 2. The van der Waals surface area contributed by atoms with E-state index in [1.54, 1.807) is 0 Å². The molecule has 0 radical (unpaired) electrons. The summed E-state index contributed by atoms with van der Waals surface area (Å²) in [7, 11) is 2.04. The second-order valence-corrected chi connectivity index (χ2v) is 6.99. The van der Waals surface area contributed by atoms with E-state index in [0.717, 1.165) is 19.5 Å². The molecule has 1 atom stereocenters. The Labute approximate surface area is 136 Å². The molecule has 6 heteroatoms. The van der Waals surface area contributed by atoms with Gasteiger partial charge in [0.2, 0.25) is 5.91 Å². The lowest BCUT2D eigenvalue weighted by Gasteiger charge is -2.31. The van der Waals surface area contributed by atoms with Crippen LogP contribution in [0.3, 0.4) is 0 Å². The smallest absolute Gasteiger partial charge is 0.237 e. The van der Waals surface area contributed by atoms with Gasteiger partial charge >= 0.3 is 0 Å². The lowest BCUT2D eigenvalue weighted by atomic mass is 10.1. The van der Waals surface area contributed by atoms with Gasteiger partial charge in [0.1, 0.15) is 0 Å². The van der Waals surface area contributed by atoms with Gasteiger partial charge in [0, 0.05) is 30.6 Å². The molecule has 21 heavy (non-hydrogen) atoms. The van der Waals surface area contributed by atoms with Gasteiger partial charge in [-0.05, 0) is 49.2 Å². The molecule has 1 saturated carbocycles. The van der Waals surface area contributed by atoms with Crippen LogP contribution < -0.4 is 5.73 Å². The zero-order chi connectivity index (χ0) is 14.1. The third-order valence-corrected chi connectivity index (χ3v) is 5.54. The molecule has 0 saturated heterocycles. The minimum atomic E-state index is 0. The van der Waals surface area contributed by atoms with Gasteiger partial charge in [-0.15, -0.1) is 23.7 Å². The Balaban J connectivity index is 0.00000161. The zero-order valence-corrected chi connectivity index (χ0v) is 14.1. The summed E-state index contributed by atoms with van der Waals surface area (Å²) in [4.78, 5) is 18.0. The van der Waals surface area contributed by atoms with E-state index in [0.29, 0.717) is 25.0 Å². The van der Waals surface area contributed by atoms with E-state index in [4.69, 9.17) is 5.73 Å². The molecule has 4 nitrogen and oxygen atoms in total. The van der Waals surface area contributed by atoms with Gasteiger partial charge in [-0.2, -0.15) is 0 Å². The van der Waals surface area contributed by atoms with Crippen molar-refractivity contribution in [2.45, 2.75) is 31.8 Å². The van der Waals surface area contributed by atoms with E-state index in [-0.39, 0.29) is 18.3 Å². The molecule has 3 rings (SSSR count). The number of amides is 1. The molecule has 118 valence electrons. The van der Waals surface area contributed by atoms with E-state index in [9.17, 15) is 4.79 Å². The number of nitrogens with two attached hydrogens (primary N) is 1. The fraction of sp³-hybridized carbons (Fsp3) is 0.667. The third-order valence-electron chi connectivity index (χ3n) is 4.52. The Hall–Kier alpha value is -0.620. The summed E-state index contributed by atoms with van der Waals surface area (Å²) in [5.74, 6) is 0.950. The van der Waals surface area contributed by atoms with E-state index >= 15 is 0 Å². The van der Waals surface area contributed by atoms with Crippen LogP contribution in [0.25, 0.3) is 0 Å². The first-order valence-corrected chi connectivity index (χ1v) is 8.30. The van der Waals surface area contributed by atoms with E-state index in [2.05, 4.69) is 16.3 Å². The third kappa shape index (κ3) is 3.77. The predicted octanol–water partition coefficient (Wildman–Crippen LogP) is 1.72. The molecule has 2 aliphatic rings. The summed E-state index contributed by atoms with van der Waals surface area (Å²) < 4.78 is 0. The largest absolute Gasteiger partial charge is 0.337 e. The van der Waals surface area contributed by atoms with Crippen LogP contribution in [0.15, 0.2) is 11.4 Å². The monoisotopic (exact) mass is 329 g/mol. The molecule has 1 aliphatic carbocycles. The van der Waals surface area contributed by atoms with Crippen molar-refractivity contribution in [3.63, 3.8) is 0 Å². The molecule has 0 aromatic carbocycles. The number of fused-ring (bicyclic) bond motifs is 1. The molecule has 0 spiro atoms. The van der Waals surface area contributed by atoms with E-state index < -0.39 is 0 Å². The minimum absolute atomic E-state index is 0. The Bertz CT molecular complexity index is 489. The van der Waals surface area contributed by atoms with Gasteiger partial charge in [0.15, 0.2) is 0 Å². The van der Waals surface area contributed by atoms with Crippen LogP contribution in [0.1, 0.15) is 23.3 Å².